The number of nitrogens with one attached hydrogen (secondary N) is 1. The Labute approximate surface area is 113 Å². The van der Waals surface area contributed by atoms with Crippen molar-refractivity contribution in [1.29, 1.82) is 0 Å². The average molecular weight is 250 g/mol. The van der Waals surface area contributed by atoms with Crippen LogP contribution in [0.1, 0.15) is 51.4 Å². The van der Waals surface area contributed by atoms with Gasteiger partial charge in [0, 0.05) is 12.6 Å². The minimum absolute atomic E-state index is 0.807. The molecule has 0 radical (unpaired) electrons. The van der Waals surface area contributed by atoms with Gasteiger partial charge in [0.15, 0.2) is 0 Å². The lowest BCUT2D eigenvalue weighted by Gasteiger charge is -2.29. The number of fused-ring (bicyclic) bond motifs is 2. The number of hydrogen-bond donors (Lipinski definition) is 1. The van der Waals surface area contributed by atoms with Crippen molar-refractivity contribution in [3.8, 4) is 0 Å². The summed E-state index contributed by atoms with van der Waals surface area (Å²) >= 11 is 0. The summed E-state index contributed by atoms with van der Waals surface area (Å²) in [4.78, 5) is 2.61. The monoisotopic (exact) mass is 250 g/mol. The standard InChI is InChI=1S/C16H30N2/c1-18(9-7-16-4-2-3-8-17-16)12-15-11-13-5-6-14(15)10-13/h13-17H,2-12H2,1H3. The van der Waals surface area contributed by atoms with E-state index in [-0.39, 0.29) is 0 Å². The highest BCUT2D eigenvalue weighted by atomic mass is 15.1. The SMILES string of the molecule is CN(CCC1CCCCN1)CC1CC2CCC1C2. The zero-order valence-corrected chi connectivity index (χ0v) is 12.0. The molecule has 0 spiro atoms. The molecule has 2 aliphatic carbocycles. The predicted octanol–water partition coefficient (Wildman–Crippen LogP) is 2.89. The van der Waals surface area contributed by atoms with Crippen molar-refractivity contribution in [3.05, 3.63) is 0 Å². The average Bonchev–Trinajstić information content (AvgIpc) is 3.00. The minimum atomic E-state index is 0.807. The van der Waals surface area contributed by atoms with E-state index < -0.39 is 0 Å². The molecule has 0 aromatic carbocycles. The maximum atomic E-state index is 3.67. The third-order valence-electron chi connectivity index (χ3n) is 5.70. The van der Waals surface area contributed by atoms with Gasteiger partial charge in [-0.25, -0.2) is 0 Å². The second-order valence-corrected chi connectivity index (χ2v) is 7.13. The maximum Gasteiger partial charge on any atom is 0.00792 e. The van der Waals surface area contributed by atoms with Crippen LogP contribution in [-0.2, 0) is 0 Å². The highest BCUT2D eigenvalue weighted by Crippen LogP contribution is 2.48. The molecule has 1 heterocycles. The lowest BCUT2D eigenvalue weighted by atomic mass is 9.88. The molecule has 2 bridgehead atoms. The molecule has 3 fully saturated rings. The first-order valence-corrected chi connectivity index (χ1v) is 8.23. The number of nitrogens with zero attached hydrogens (tertiary/aromatic N) is 1. The van der Waals surface area contributed by atoms with E-state index in [1.54, 1.807) is 6.42 Å². The summed E-state index contributed by atoms with van der Waals surface area (Å²) in [6.07, 6.45) is 11.8. The quantitative estimate of drug-likeness (QED) is 0.807. The van der Waals surface area contributed by atoms with E-state index in [1.165, 1.54) is 64.6 Å². The Morgan fingerprint density at radius 1 is 1.11 bits per heavy atom. The summed E-state index contributed by atoms with van der Waals surface area (Å²) in [7, 11) is 2.34. The Bertz CT molecular complexity index is 260. The van der Waals surface area contributed by atoms with Crippen molar-refractivity contribution in [2.24, 2.45) is 17.8 Å². The fourth-order valence-corrected chi connectivity index (χ4v) is 4.64. The van der Waals surface area contributed by atoms with Crippen molar-refractivity contribution in [2.75, 3.05) is 26.7 Å². The molecule has 3 aliphatic rings. The summed E-state index contributed by atoms with van der Waals surface area (Å²) in [5, 5.41) is 3.67. The molecule has 1 saturated heterocycles. The van der Waals surface area contributed by atoms with Crippen LogP contribution in [0.3, 0.4) is 0 Å². The summed E-state index contributed by atoms with van der Waals surface area (Å²) in [5.74, 6) is 3.23. The van der Waals surface area contributed by atoms with Crippen molar-refractivity contribution < 1.29 is 0 Å². The Morgan fingerprint density at radius 3 is 2.72 bits per heavy atom. The molecule has 4 atom stereocenters. The van der Waals surface area contributed by atoms with Gasteiger partial charge >= 0.3 is 0 Å². The van der Waals surface area contributed by atoms with E-state index in [0.717, 1.165) is 23.8 Å². The molecule has 1 N–H and O–H groups in total. The van der Waals surface area contributed by atoms with Crippen LogP contribution in [0.4, 0.5) is 0 Å². The molecule has 3 rings (SSSR count). The third kappa shape index (κ3) is 3.08. The van der Waals surface area contributed by atoms with Gasteiger partial charge < -0.3 is 10.2 Å². The van der Waals surface area contributed by atoms with Gasteiger partial charge in [-0.2, -0.15) is 0 Å². The van der Waals surface area contributed by atoms with E-state index in [9.17, 15) is 0 Å². The number of hydrogen-bond acceptors (Lipinski definition) is 2. The molecule has 0 amide bonds. The van der Waals surface area contributed by atoms with E-state index >= 15 is 0 Å². The molecule has 2 nitrogen and oxygen atoms in total. The highest BCUT2D eigenvalue weighted by molar-refractivity contribution is 4.91. The van der Waals surface area contributed by atoms with Gasteiger partial charge in [-0.1, -0.05) is 12.8 Å². The van der Waals surface area contributed by atoms with Crippen LogP contribution >= 0.6 is 0 Å². The fraction of sp³-hybridized carbons (Fsp3) is 1.00. The fourth-order valence-electron chi connectivity index (χ4n) is 4.64. The number of rotatable bonds is 5. The van der Waals surface area contributed by atoms with Gasteiger partial charge in [0.05, 0.1) is 0 Å². The van der Waals surface area contributed by atoms with Gasteiger partial charge in [-0.05, 0) is 76.4 Å². The van der Waals surface area contributed by atoms with E-state index in [4.69, 9.17) is 0 Å². The van der Waals surface area contributed by atoms with Crippen LogP contribution in [0.15, 0.2) is 0 Å². The summed E-state index contributed by atoms with van der Waals surface area (Å²) < 4.78 is 0. The molecule has 1 aliphatic heterocycles. The first-order chi connectivity index (χ1) is 8.81. The molecular formula is C16H30N2. The zero-order valence-electron chi connectivity index (χ0n) is 12.0. The van der Waals surface area contributed by atoms with Gasteiger partial charge in [0.1, 0.15) is 0 Å². The Hall–Kier alpha value is -0.0800. The van der Waals surface area contributed by atoms with Crippen LogP contribution < -0.4 is 5.32 Å². The lowest BCUT2D eigenvalue weighted by molar-refractivity contribution is 0.208. The first-order valence-electron chi connectivity index (χ1n) is 8.23. The molecule has 2 heteroatoms. The summed E-state index contributed by atoms with van der Waals surface area (Å²) in [6, 6.07) is 0.807. The van der Waals surface area contributed by atoms with Crippen LogP contribution in [-0.4, -0.2) is 37.6 Å². The van der Waals surface area contributed by atoms with Crippen molar-refractivity contribution in [2.45, 2.75) is 57.4 Å². The van der Waals surface area contributed by atoms with Gasteiger partial charge in [0.2, 0.25) is 0 Å². The van der Waals surface area contributed by atoms with E-state index in [2.05, 4.69) is 17.3 Å². The van der Waals surface area contributed by atoms with Gasteiger partial charge in [-0.3, -0.25) is 0 Å². The van der Waals surface area contributed by atoms with Gasteiger partial charge in [-0.15, -0.1) is 0 Å². The number of piperidine rings is 1. The Balaban J connectivity index is 1.35. The largest absolute Gasteiger partial charge is 0.314 e. The van der Waals surface area contributed by atoms with E-state index in [0.29, 0.717) is 0 Å². The lowest BCUT2D eigenvalue weighted by Crippen LogP contribution is -2.38. The molecule has 0 aromatic rings. The molecule has 18 heavy (non-hydrogen) atoms. The molecular weight excluding hydrogens is 220 g/mol. The summed E-state index contributed by atoms with van der Waals surface area (Å²) in [6.45, 7) is 3.92. The molecule has 0 aromatic heterocycles. The van der Waals surface area contributed by atoms with Crippen LogP contribution in [0, 0.1) is 17.8 Å². The minimum Gasteiger partial charge on any atom is -0.314 e. The third-order valence-corrected chi connectivity index (χ3v) is 5.70. The van der Waals surface area contributed by atoms with Crippen LogP contribution in [0.5, 0.6) is 0 Å². The van der Waals surface area contributed by atoms with Crippen LogP contribution in [0.2, 0.25) is 0 Å². The Kier molecular flexibility index (Phi) is 4.25. The molecule has 2 saturated carbocycles. The smallest absolute Gasteiger partial charge is 0.00792 e. The van der Waals surface area contributed by atoms with Gasteiger partial charge in [0.25, 0.3) is 0 Å². The first kappa shape index (κ1) is 12.9. The van der Waals surface area contributed by atoms with Crippen LogP contribution in [0.25, 0.3) is 0 Å². The molecule has 104 valence electrons. The summed E-state index contributed by atoms with van der Waals surface area (Å²) in [5.41, 5.74) is 0. The van der Waals surface area contributed by atoms with Crippen molar-refractivity contribution >= 4 is 0 Å². The molecule has 4 unspecified atom stereocenters. The predicted molar refractivity (Wildman–Crippen MR) is 76.7 cm³/mol. The van der Waals surface area contributed by atoms with Crippen molar-refractivity contribution in [3.63, 3.8) is 0 Å². The second-order valence-electron chi connectivity index (χ2n) is 7.13. The van der Waals surface area contributed by atoms with Crippen molar-refractivity contribution in [1.82, 2.24) is 10.2 Å². The Morgan fingerprint density at radius 2 is 2.06 bits per heavy atom. The topological polar surface area (TPSA) is 15.3 Å². The normalized spacial score (nSPS) is 39.7. The second kappa shape index (κ2) is 5.92. The van der Waals surface area contributed by atoms with E-state index in [1.807, 2.05) is 0 Å². The zero-order chi connectivity index (χ0) is 12.4. The maximum absolute atomic E-state index is 3.67. The highest BCUT2D eigenvalue weighted by Gasteiger charge is 2.39.